The zero-order chi connectivity index (χ0) is 21.4. The van der Waals surface area contributed by atoms with Crippen LogP contribution in [0.2, 0.25) is 0 Å². The Labute approximate surface area is 183 Å². The van der Waals surface area contributed by atoms with Gasteiger partial charge in [-0.15, -0.1) is 0 Å². The van der Waals surface area contributed by atoms with E-state index >= 15 is 0 Å². The lowest BCUT2D eigenvalue weighted by Crippen LogP contribution is -2.66. The molecule has 6 heteroatoms. The third-order valence-corrected chi connectivity index (χ3v) is 7.43. The van der Waals surface area contributed by atoms with Crippen LogP contribution in [-0.4, -0.2) is 52.1 Å². The van der Waals surface area contributed by atoms with E-state index in [1.165, 1.54) is 12.8 Å². The van der Waals surface area contributed by atoms with Gasteiger partial charge in [0, 0.05) is 30.1 Å². The molecule has 0 bridgehead atoms. The Bertz CT molecular complexity index is 970. The zero-order valence-corrected chi connectivity index (χ0v) is 18.4. The van der Waals surface area contributed by atoms with E-state index in [2.05, 4.69) is 5.32 Å². The second-order valence-corrected chi connectivity index (χ2v) is 9.66. The lowest BCUT2D eigenvalue weighted by Gasteiger charge is -2.45. The molecule has 2 atom stereocenters. The van der Waals surface area contributed by atoms with Crippen molar-refractivity contribution in [2.24, 2.45) is 0 Å². The summed E-state index contributed by atoms with van der Waals surface area (Å²) < 4.78 is 7.90. The summed E-state index contributed by atoms with van der Waals surface area (Å²) in [6, 6.07) is 10.2. The van der Waals surface area contributed by atoms with Crippen LogP contribution in [0.15, 0.2) is 30.3 Å². The van der Waals surface area contributed by atoms with Crippen LogP contribution < -0.4 is 5.32 Å². The molecule has 31 heavy (non-hydrogen) atoms. The van der Waals surface area contributed by atoms with Crippen molar-refractivity contribution >= 4 is 22.7 Å². The van der Waals surface area contributed by atoms with Gasteiger partial charge in [0.05, 0.1) is 12.6 Å². The Kier molecular flexibility index (Phi) is 5.51. The molecule has 0 unspecified atom stereocenters. The summed E-state index contributed by atoms with van der Waals surface area (Å²) in [4.78, 5) is 29.2. The van der Waals surface area contributed by atoms with Crippen LogP contribution in [0.3, 0.4) is 0 Å². The van der Waals surface area contributed by atoms with Gasteiger partial charge in [-0.1, -0.05) is 43.9 Å². The molecular formula is C25H33N3O3. The van der Waals surface area contributed by atoms with Gasteiger partial charge in [-0.2, -0.15) is 0 Å². The van der Waals surface area contributed by atoms with Crippen LogP contribution in [-0.2, 0) is 16.1 Å². The molecule has 166 valence electrons. The first kappa shape index (κ1) is 20.6. The maximum Gasteiger partial charge on any atom is 0.271 e. The van der Waals surface area contributed by atoms with Gasteiger partial charge in [-0.05, 0) is 44.7 Å². The zero-order valence-electron chi connectivity index (χ0n) is 18.4. The Hall–Kier alpha value is -2.34. The van der Waals surface area contributed by atoms with E-state index in [1.807, 2.05) is 41.8 Å². The predicted molar refractivity (Wildman–Crippen MR) is 120 cm³/mol. The number of amides is 2. The van der Waals surface area contributed by atoms with E-state index in [4.69, 9.17) is 4.74 Å². The van der Waals surface area contributed by atoms with Crippen molar-refractivity contribution in [3.8, 4) is 0 Å². The maximum absolute atomic E-state index is 13.7. The predicted octanol–water partition coefficient (Wildman–Crippen LogP) is 3.87. The molecule has 1 saturated carbocycles. The van der Waals surface area contributed by atoms with E-state index in [9.17, 15) is 9.59 Å². The molecule has 3 heterocycles. The number of para-hydroxylation sites is 1. The van der Waals surface area contributed by atoms with Gasteiger partial charge in [-0.3, -0.25) is 9.59 Å². The molecular weight excluding hydrogens is 390 g/mol. The van der Waals surface area contributed by atoms with Gasteiger partial charge < -0.3 is 19.5 Å². The third-order valence-electron chi connectivity index (χ3n) is 7.43. The van der Waals surface area contributed by atoms with Crippen molar-refractivity contribution in [2.45, 2.75) is 82.5 Å². The van der Waals surface area contributed by atoms with Crippen molar-refractivity contribution < 1.29 is 14.3 Å². The number of fused-ring (bicyclic) bond motifs is 3. The SMILES string of the molecule is C[C@@]1(C(=O)NC2CCCCCC2)Cn2c(cc3ccccc32)C(=O)N1C[C@@H]1CCCO1. The number of nitrogens with one attached hydrogen (secondary N) is 1. The van der Waals surface area contributed by atoms with Gasteiger partial charge in [-0.25, -0.2) is 0 Å². The van der Waals surface area contributed by atoms with Crippen LogP contribution >= 0.6 is 0 Å². The molecule has 1 aromatic carbocycles. The topological polar surface area (TPSA) is 63.6 Å². The first-order chi connectivity index (χ1) is 15.1. The molecule has 1 aromatic heterocycles. The molecule has 5 rings (SSSR count). The number of nitrogens with zero attached hydrogens (tertiary/aromatic N) is 2. The standard InChI is InChI=1S/C25H33N3O3/c1-25(24(30)26-19-10-4-2-3-5-11-19)17-27-21-13-7-6-9-18(21)15-22(27)23(29)28(25)16-20-12-8-14-31-20/h6-7,9,13,15,19-20H,2-5,8,10-12,14,16-17H2,1H3,(H,26,30)/t20-,25-/m0/s1. The molecule has 1 N–H and O–H groups in total. The van der Waals surface area contributed by atoms with E-state index in [-0.39, 0.29) is 24.0 Å². The molecule has 3 aliphatic rings. The van der Waals surface area contributed by atoms with Gasteiger partial charge >= 0.3 is 0 Å². The van der Waals surface area contributed by atoms with E-state index in [1.54, 1.807) is 4.90 Å². The number of benzene rings is 1. The molecule has 1 saturated heterocycles. The minimum absolute atomic E-state index is 0.00452. The average molecular weight is 424 g/mol. The van der Waals surface area contributed by atoms with Crippen LogP contribution in [0.1, 0.15) is 68.8 Å². The van der Waals surface area contributed by atoms with E-state index in [0.717, 1.165) is 56.0 Å². The quantitative estimate of drug-likeness (QED) is 0.760. The van der Waals surface area contributed by atoms with Crippen molar-refractivity contribution in [3.05, 3.63) is 36.0 Å². The second kappa shape index (κ2) is 8.30. The Morgan fingerprint density at radius 2 is 1.90 bits per heavy atom. The monoisotopic (exact) mass is 423 g/mol. The minimum Gasteiger partial charge on any atom is -0.376 e. The average Bonchev–Trinajstić information content (AvgIpc) is 3.33. The number of rotatable bonds is 4. The van der Waals surface area contributed by atoms with Crippen molar-refractivity contribution in [1.82, 2.24) is 14.8 Å². The highest BCUT2D eigenvalue weighted by Gasteiger charge is 2.49. The summed E-state index contributed by atoms with van der Waals surface area (Å²) in [5.74, 6) is -0.106. The van der Waals surface area contributed by atoms with Gasteiger partial charge in [0.2, 0.25) is 5.91 Å². The minimum atomic E-state index is -0.940. The highest BCUT2D eigenvalue weighted by atomic mass is 16.5. The van der Waals surface area contributed by atoms with Crippen LogP contribution in [0.25, 0.3) is 10.9 Å². The summed E-state index contributed by atoms with van der Waals surface area (Å²) in [6.45, 7) is 3.60. The molecule has 2 aromatic rings. The second-order valence-electron chi connectivity index (χ2n) is 9.66. The fourth-order valence-corrected chi connectivity index (χ4v) is 5.55. The summed E-state index contributed by atoms with van der Waals surface area (Å²) in [5, 5.41) is 4.37. The molecule has 2 aliphatic heterocycles. The summed E-state index contributed by atoms with van der Waals surface area (Å²) in [7, 11) is 0. The van der Waals surface area contributed by atoms with Crippen molar-refractivity contribution in [2.75, 3.05) is 13.2 Å². The smallest absolute Gasteiger partial charge is 0.271 e. The van der Waals surface area contributed by atoms with Crippen LogP contribution in [0.4, 0.5) is 0 Å². The number of aromatic nitrogens is 1. The van der Waals surface area contributed by atoms with Crippen molar-refractivity contribution in [1.29, 1.82) is 0 Å². The van der Waals surface area contributed by atoms with Gasteiger partial charge in [0.1, 0.15) is 11.2 Å². The summed E-state index contributed by atoms with van der Waals surface area (Å²) >= 11 is 0. The fraction of sp³-hybridized carbons (Fsp3) is 0.600. The summed E-state index contributed by atoms with van der Waals surface area (Å²) in [6.07, 6.45) is 8.81. The lowest BCUT2D eigenvalue weighted by atomic mass is 9.93. The van der Waals surface area contributed by atoms with Crippen molar-refractivity contribution in [3.63, 3.8) is 0 Å². The molecule has 1 aliphatic carbocycles. The van der Waals surface area contributed by atoms with E-state index in [0.29, 0.717) is 18.8 Å². The first-order valence-electron chi connectivity index (χ1n) is 11.9. The molecule has 6 nitrogen and oxygen atoms in total. The summed E-state index contributed by atoms with van der Waals surface area (Å²) in [5.41, 5.74) is 0.736. The Balaban J connectivity index is 1.49. The van der Waals surface area contributed by atoms with Gasteiger partial charge in [0.15, 0.2) is 0 Å². The van der Waals surface area contributed by atoms with Gasteiger partial charge in [0.25, 0.3) is 5.91 Å². The molecule has 2 fully saturated rings. The third kappa shape index (κ3) is 3.75. The number of hydrogen-bond donors (Lipinski definition) is 1. The fourth-order valence-electron chi connectivity index (χ4n) is 5.55. The van der Waals surface area contributed by atoms with E-state index < -0.39 is 5.54 Å². The Morgan fingerprint density at radius 3 is 2.65 bits per heavy atom. The Morgan fingerprint density at radius 1 is 1.13 bits per heavy atom. The number of ether oxygens (including phenoxy) is 1. The number of hydrogen-bond acceptors (Lipinski definition) is 3. The lowest BCUT2D eigenvalue weighted by molar-refractivity contribution is -0.134. The molecule has 0 spiro atoms. The highest BCUT2D eigenvalue weighted by molar-refractivity contribution is 6.03. The maximum atomic E-state index is 13.7. The normalized spacial score (nSPS) is 27.3. The van der Waals surface area contributed by atoms with Crippen LogP contribution in [0, 0.1) is 0 Å². The largest absolute Gasteiger partial charge is 0.376 e. The number of carbonyl (C=O) groups is 2. The number of carbonyl (C=O) groups excluding carboxylic acids is 2. The first-order valence-corrected chi connectivity index (χ1v) is 11.9. The highest BCUT2D eigenvalue weighted by Crippen LogP contribution is 2.34. The molecule has 0 radical (unpaired) electrons. The van der Waals surface area contributed by atoms with Crippen LogP contribution in [0.5, 0.6) is 0 Å². The molecule has 2 amide bonds.